The highest BCUT2D eigenvalue weighted by Gasteiger charge is 2.30. The maximum atomic E-state index is 10.8. The molecule has 0 aromatic heterocycles. The van der Waals surface area contributed by atoms with Crippen LogP contribution in [-0.4, -0.2) is 16.4 Å². The van der Waals surface area contributed by atoms with Crippen LogP contribution in [-0.2, 0) is 9.53 Å². The molecule has 2 nitrogen and oxygen atoms in total. The molecular formula is C6H7Cl3O2. The fourth-order valence-electron chi connectivity index (χ4n) is 0.334. The number of hydrogen-bond acceptors (Lipinski definition) is 2. The van der Waals surface area contributed by atoms with Gasteiger partial charge in [-0.1, -0.05) is 41.4 Å². The minimum absolute atomic E-state index is 0.177. The molecular weight excluding hydrogens is 210 g/mol. The van der Waals surface area contributed by atoms with Gasteiger partial charge in [0.15, 0.2) is 0 Å². The number of carbonyl (C=O) groups excluding carboxylic acids is 1. The van der Waals surface area contributed by atoms with Gasteiger partial charge < -0.3 is 4.74 Å². The van der Waals surface area contributed by atoms with Crippen molar-refractivity contribution in [2.45, 2.75) is 10.7 Å². The first-order valence-corrected chi connectivity index (χ1v) is 3.96. The van der Waals surface area contributed by atoms with Gasteiger partial charge in [-0.25, -0.2) is 4.79 Å². The number of halogens is 3. The number of esters is 1. The molecule has 0 unspecified atom stereocenters. The summed E-state index contributed by atoms with van der Waals surface area (Å²) < 4.78 is 2.77. The molecule has 0 aliphatic rings. The van der Waals surface area contributed by atoms with Crippen molar-refractivity contribution in [1.29, 1.82) is 0 Å². The summed E-state index contributed by atoms with van der Waals surface area (Å²) in [4.78, 5) is 10.8. The zero-order valence-electron chi connectivity index (χ0n) is 5.86. The van der Waals surface area contributed by atoms with Crippen LogP contribution >= 0.6 is 34.8 Å². The molecule has 0 spiro atoms. The first-order chi connectivity index (χ1) is 4.89. The van der Waals surface area contributed by atoms with E-state index in [1.165, 1.54) is 0 Å². The van der Waals surface area contributed by atoms with Crippen LogP contribution in [0.5, 0.6) is 0 Å². The van der Waals surface area contributed by atoms with Crippen molar-refractivity contribution in [2.24, 2.45) is 0 Å². The lowest BCUT2D eigenvalue weighted by Crippen LogP contribution is -2.18. The molecule has 0 bridgehead atoms. The number of alkyl halides is 3. The lowest BCUT2D eigenvalue weighted by atomic mass is 10.3. The summed E-state index contributed by atoms with van der Waals surface area (Å²) in [7, 11) is 0. The van der Waals surface area contributed by atoms with Crippen molar-refractivity contribution >= 4 is 40.8 Å². The molecule has 0 heterocycles. The molecule has 0 aromatic carbocycles. The topological polar surface area (TPSA) is 26.3 Å². The van der Waals surface area contributed by atoms with Crippen LogP contribution < -0.4 is 0 Å². The molecule has 0 fully saturated rings. The SMILES string of the molecule is C=C(C(=O)OCC)C(Cl)(Cl)Cl. The highest BCUT2D eigenvalue weighted by Crippen LogP contribution is 2.33. The maximum Gasteiger partial charge on any atom is 0.337 e. The number of rotatable bonds is 2. The van der Waals surface area contributed by atoms with E-state index in [1.54, 1.807) is 6.92 Å². The van der Waals surface area contributed by atoms with Gasteiger partial charge in [0, 0.05) is 0 Å². The highest BCUT2D eigenvalue weighted by molar-refractivity contribution is 6.70. The van der Waals surface area contributed by atoms with Crippen molar-refractivity contribution in [1.82, 2.24) is 0 Å². The lowest BCUT2D eigenvalue weighted by molar-refractivity contribution is -0.138. The molecule has 0 radical (unpaired) electrons. The van der Waals surface area contributed by atoms with Crippen LogP contribution in [0, 0.1) is 0 Å². The van der Waals surface area contributed by atoms with Crippen LogP contribution in [0.4, 0.5) is 0 Å². The predicted octanol–water partition coefficient (Wildman–Crippen LogP) is 2.48. The van der Waals surface area contributed by atoms with Crippen molar-refractivity contribution in [3.05, 3.63) is 12.2 Å². The molecule has 0 rings (SSSR count). The van der Waals surface area contributed by atoms with E-state index in [9.17, 15) is 4.79 Å². The molecule has 0 amide bonds. The van der Waals surface area contributed by atoms with Crippen molar-refractivity contribution in [3.63, 3.8) is 0 Å². The van der Waals surface area contributed by atoms with E-state index >= 15 is 0 Å². The van der Waals surface area contributed by atoms with Gasteiger partial charge in [-0.15, -0.1) is 0 Å². The van der Waals surface area contributed by atoms with E-state index in [0.717, 1.165) is 0 Å². The van der Waals surface area contributed by atoms with E-state index in [-0.39, 0.29) is 12.2 Å². The van der Waals surface area contributed by atoms with E-state index in [0.29, 0.717) is 0 Å². The standard InChI is InChI=1S/C6H7Cl3O2/c1-3-11-5(10)4(2)6(7,8)9/h2-3H2,1H3. The summed E-state index contributed by atoms with van der Waals surface area (Å²) in [5.41, 5.74) is -0.177. The first-order valence-electron chi connectivity index (χ1n) is 2.82. The number of hydrogen-bond donors (Lipinski definition) is 0. The van der Waals surface area contributed by atoms with Crippen LogP contribution in [0.3, 0.4) is 0 Å². The molecule has 0 atom stereocenters. The van der Waals surface area contributed by atoms with E-state index in [1.807, 2.05) is 0 Å². The van der Waals surface area contributed by atoms with Crippen molar-refractivity contribution < 1.29 is 9.53 Å². The summed E-state index contributed by atoms with van der Waals surface area (Å²) in [6.45, 7) is 5.17. The molecule has 64 valence electrons. The van der Waals surface area contributed by atoms with Crippen LogP contribution in [0.25, 0.3) is 0 Å². The normalized spacial score (nSPS) is 10.9. The van der Waals surface area contributed by atoms with Crippen LogP contribution in [0.1, 0.15) is 6.92 Å². The molecule has 0 aliphatic carbocycles. The van der Waals surface area contributed by atoms with Crippen molar-refractivity contribution in [3.8, 4) is 0 Å². The van der Waals surface area contributed by atoms with Gasteiger partial charge >= 0.3 is 5.97 Å². The molecule has 11 heavy (non-hydrogen) atoms. The van der Waals surface area contributed by atoms with Crippen molar-refractivity contribution in [2.75, 3.05) is 6.61 Å². The molecule has 0 aromatic rings. The summed E-state index contributed by atoms with van der Waals surface area (Å²) >= 11 is 16.0. The second-order valence-electron chi connectivity index (χ2n) is 1.70. The van der Waals surface area contributed by atoms with Crippen LogP contribution in [0.15, 0.2) is 12.2 Å². The average Bonchev–Trinajstić information content (AvgIpc) is 1.85. The minimum Gasteiger partial charge on any atom is -0.463 e. The van der Waals surface area contributed by atoms with Gasteiger partial charge in [-0.3, -0.25) is 0 Å². The van der Waals surface area contributed by atoms with Gasteiger partial charge in [-0.2, -0.15) is 0 Å². The Morgan fingerprint density at radius 3 is 2.27 bits per heavy atom. The van der Waals surface area contributed by atoms with Gasteiger partial charge in [-0.05, 0) is 6.92 Å². The Morgan fingerprint density at radius 1 is 1.55 bits per heavy atom. The third kappa shape index (κ3) is 3.85. The smallest absolute Gasteiger partial charge is 0.337 e. The molecule has 0 N–H and O–H groups in total. The fraction of sp³-hybridized carbons (Fsp3) is 0.500. The van der Waals surface area contributed by atoms with Gasteiger partial charge in [0.2, 0.25) is 3.79 Å². The Labute approximate surface area is 80.1 Å². The Balaban J connectivity index is 4.15. The quantitative estimate of drug-likeness (QED) is 0.403. The largest absolute Gasteiger partial charge is 0.463 e. The summed E-state index contributed by atoms with van der Waals surface area (Å²) in [6, 6.07) is 0. The Kier molecular flexibility index (Phi) is 4.22. The monoisotopic (exact) mass is 216 g/mol. The molecule has 0 saturated heterocycles. The fourth-order valence-corrected chi connectivity index (χ4v) is 0.565. The van der Waals surface area contributed by atoms with E-state index in [2.05, 4.69) is 11.3 Å². The number of carbonyl (C=O) groups is 1. The zero-order valence-corrected chi connectivity index (χ0v) is 8.13. The van der Waals surface area contributed by atoms with Gasteiger partial charge in [0.25, 0.3) is 0 Å². The predicted molar refractivity (Wildman–Crippen MR) is 46.1 cm³/mol. The van der Waals surface area contributed by atoms with Gasteiger partial charge in [0.05, 0.1) is 12.2 Å². The third-order valence-corrected chi connectivity index (χ3v) is 1.55. The van der Waals surface area contributed by atoms with Gasteiger partial charge in [0.1, 0.15) is 0 Å². The number of ether oxygens (including phenoxy) is 1. The maximum absolute atomic E-state index is 10.8. The molecule has 5 heteroatoms. The van der Waals surface area contributed by atoms with E-state index < -0.39 is 9.76 Å². The molecule has 0 aliphatic heterocycles. The lowest BCUT2D eigenvalue weighted by Gasteiger charge is -2.11. The molecule has 0 saturated carbocycles. The van der Waals surface area contributed by atoms with Crippen LogP contribution in [0.2, 0.25) is 0 Å². The summed E-state index contributed by atoms with van der Waals surface area (Å²) in [6.07, 6.45) is 0. The highest BCUT2D eigenvalue weighted by atomic mass is 35.6. The zero-order chi connectivity index (χ0) is 9.07. The Bertz CT molecular complexity index is 171. The second-order valence-corrected chi connectivity index (χ2v) is 3.98. The third-order valence-electron chi connectivity index (χ3n) is 0.864. The Morgan fingerprint density at radius 2 is 2.00 bits per heavy atom. The first kappa shape index (κ1) is 11.1. The van der Waals surface area contributed by atoms with E-state index in [4.69, 9.17) is 34.8 Å². The summed E-state index contributed by atoms with van der Waals surface area (Å²) in [5.74, 6) is -0.687. The minimum atomic E-state index is -1.77. The average molecular weight is 217 g/mol. The Hall–Kier alpha value is 0.0800. The second kappa shape index (κ2) is 4.19. The summed E-state index contributed by atoms with van der Waals surface area (Å²) in [5, 5.41) is 0.